The molecule has 0 saturated heterocycles. The zero-order chi connectivity index (χ0) is 14.1. The summed E-state index contributed by atoms with van der Waals surface area (Å²) in [5.74, 6) is 0.850. The zero-order valence-electron chi connectivity index (χ0n) is 11.3. The van der Waals surface area contributed by atoms with Crippen LogP contribution in [-0.2, 0) is 4.74 Å². The number of hydrogen-bond acceptors (Lipinski definition) is 5. The van der Waals surface area contributed by atoms with Gasteiger partial charge in [0, 0.05) is 11.8 Å². The minimum atomic E-state index is 0.256. The molecule has 0 fully saturated rings. The van der Waals surface area contributed by atoms with Gasteiger partial charge in [-0.05, 0) is 26.0 Å². The van der Waals surface area contributed by atoms with E-state index in [1.807, 2.05) is 44.2 Å². The first-order valence-electron chi connectivity index (χ1n) is 6.02. The van der Waals surface area contributed by atoms with Crippen molar-refractivity contribution in [1.29, 1.82) is 0 Å². The molecule has 0 saturated carbocycles. The molecule has 0 amide bonds. The van der Waals surface area contributed by atoms with Gasteiger partial charge in [0.1, 0.15) is 5.82 Å². The van der Waals surface area contributed by atoms with Crippen molar-refractivity contribution < 1.29 is 4.74 Å². The Morgan fingerprint density at radius 2 is 2.11 bits per heavy atom. The average Bonchev–Trinajstić information content (AvgIpc) is 2.42. The Kier molecular flexibility index (Phi) is 6.02. The number of aliphatic imine (C=N–C) groups is 1. The quantitative estimate of drug-likeness (QED) is 0.400. The highest BCUT2D eigenvalue weighted by molar-refractivity contribution is 5.79. The maximum Gasteiger partial charge on any atom is 0.210 e. The van der Waals surface area contributed by atoms with E-state index in [2.05, 4.69) is 22.4 Å². The van der Waals surface area contributed by atoms with E-state index in [0.29, 0.717) is 12.5 Å². The standard InChI is InChI=1S/C14H20N4O/c1-4-19-14(11(2)10-16-12(3)15)18-17-13-8-6-5-7-9-13/h5-10,17-18H,3-4,15H2,1-2H3. The van der Waals surface area contributed by atoms with Gasteiger partial charge in [-0.15, -0.1) is 0 Å². The van der Waals surface area contributed by atoms with E-state index in [4.69, 9.17) is 10.5 Å². The highest BCUT2D eigenvalue weighted by Gasteiger charge is 2.01. The van der Waals surface area contributed by atoms with E-state index in [1.165, 1.54) is 0 Å². The Balaban J connectivity index is 2.71. The molecule has 0 heterocycles. The van der Waals surface area contributed by atoms with Gasteiger partial charge in [0.25, 0.3) is 0 Å². The van der Waals surface area contributed by atoms with Crippen LogP contribution in [0.1, 0.15) is 13.8 Å². The minimum absolute atomic E-state index is 0.256. The summed E-state index contributed by atoms with van der Waals surface area (Å²) in [7, 11) is 0. The third-order valence-electron chi connectivity index (χ3n) is 2.17. The number of hydrogen-bond donors (Lipinski definition) is 3. The number of rotatable bonds is 7. The van der Waals surface area contributed by atoms with Crippen molar-refractivity contribution in [1.82, 2.24) is 5.43 Å². The summed E-state index contributed by atoms with van der Waals surface area (Å²) in [5.41, 5.74) is 13.2. The number of benzene rings is 1. The fraction of sp³-hybridized carbons (Fsp3) is 0.214. The Morgan fingerprint density at radius 3 is 2.68 bits per heavy atom. The molecule has 19 heavy (non-hydrogen) atoms. The third-order valence-corrected chi connectivity index (χ3v) is 2.17. The first-order valence-corrected chi connectivity index (χ1v) is 6.02. The molecule has 1 aromatic rings. The van der Waals surface area contributed by atoms with Crippen LogP contribution < -0.4 is 16.6 Å². The fourth-order valence-electron chi connectivity index (χ4n) is 1.28. The van der Waals surface area contributed by atoms with Crippen LogP contribution in [0.15, 0.2) is 59.2 Å². The molecule has 0 aliphatic heterocycles. The second-order valence-corrected chi connectivity index (χ2v) is 3.81. The van der Waals surface area contributed by atoms with E-state index in [0.717, 1.165) is 11.3 Å². The number of nitrogens with two attached hydrogens (primary N) is 1. The van der Waals surface area contributed by atoms with Crippen molar-refractivity contribution in [3.8, 4) is 0 Å². The fourth-order valence-corrected chi connectivity index (χ4v) is 1.28. The molecule has 1 rings (SSSR count). The molecule has 0 aliphatic carbocycles. The molecule has 0 aromatic heterocycles. The summed E-state index contributed by atoms with van der Waals surface area (Å²) in [6.07, 6.45) is 1.60. The van der Waals surface area contributed by atoms with Crippen LogP contribution in [0.3, 0.4) is 0 Å². The molecule has 5 heteroatoms. The summed E-state index contributed by atoms with van der Waals surface area (Å²) in [6, 6.07) is 9.74. The Bertz CT molecular complexity index is 466. The summed E-state index contributed by atoms with van der Waals surface area (Å²) < 4.78 is 5.50. The number of para-hydroxylation sites is 1. The van der Waals surface area contributed by atoms with Gasteiger partial charge in [-0.2, -0.15) is 0 Å². The van der Waals surface area contributed by atoms with Crippen molar-refractivity contribution >= 4 is 11.9 Å². The van der Waals surface area contributed by atoms with Crippen LogP contribution in [0.5, 0.6) is 0 Å². The lowest BCUT2D eigenvalue weighted by molar-refractivity contribution is 0.208. The van der Waals surface area contributed by atoms with E-state index in [9.17, 15) is 0 Å². The largest absolute Gasteiger partial charge is 0.478 e. The lowest BCUT2D eigenvalue weighted by Gasteiger charge is -2.15. The molecule has 102 valence electrons. The van der Waals surface area contributed by atoms with Gasteiger partial charge < -0.3 is 10.5 Å². The molecule has 1 aromatic carbocycles. The summed E-state index contributed by atoms with van der Waals surface area (Å²) in [4.78, 5) is 3.94. The maximum atomic E-state index is 5.50. The zero-order valence-corrected chi connectivity index (χ0v) is 11.3. The van der Waals surface area contributed by atoms with E-state index in [1.54, 1.807) is 6.21 Å². The van der Waals surface area contributed by atoms with Gasteiger partial charge in [-0.3, -0.25) is 10.9 Å². The van der Waals surface area contributed by atoms with Gasteiger partial charge in [-0.1, -0.05) is 24.8 Å². The lowest BCUT2D eigenvalue weighted by atomic mass is 10.3. The van der Waals surface area contributed by atoms with Gasteiger partial charge >= 0.3 is 0 Å². The molecule has 0 aliphatic rings. The maximum absolute atomic E-state index is 5.50. The van der Waals surface area contributed by atoms with Gasteiger partial charge in [0.15, 0.2) is 0 Å². The highest BCUT2D eigenvalue weighted by Crippen LogP contribution is 2.06. The number of allylic oxidation sites excluding steroid dienone is 1. The number of nitrogens with zero attached hydrogens (tertiary/aromatic N) is 1. The SMILES string of the molecule is C=C(N)N=CC(C)=C(NNc1ccccc1)OCC. The molecule has 5 nitrogen and oxygen atoms in total. The molecule has 0 spiro atoms. The Morgan fingerprint density at radius 1 is 1.42 bits per heavy atom. The van der Waals surface area contributed by atoms with Gasteiger partial charge in [-0.25, -0.2) is 4.99 Å². The summed E-state index contributed by atoms with van der Waals surface area (Å²) in [6.45, 7) is 7.84. The van der Waals surface area contributed by atoms with Crippen LogP contribution in [-0.4, -0.2) is 12.8 Å². The van der Waals surface area contributed by atoms with E-state index >= 15 is 0 Å². The molecule has 0 unspecified atom stereocenters. The molecule has 0 atom stereocenters. The molecular formula is C14H20N4O. The van der Waals surface area contributed by atoms with E-state index < -0.39 is 0 Å². The lowest BCUT2D eigenvalue weighted by Crippen LogP contribution is -2.24. The molecule has 0 radical (unpaired) electrons. The summed E-state index contributed by atoms with van der Waals surface area (Å²) >= 11 is 0. The minimum Gasteiger partial charge on any atom is -0.478 e. The number of nitrogens with one attached hydrogen (secondary N) is 2. The monoisotopic (exact) mass is 260 g/mol. The van der Waals surface area contributed by atoms with Crippen molar-refractivity contribution in [2.45, 2.75) is 13.8 Å². The van der Waals surface area contributed by atoms with Crippen LogP contribution in [0.25, 0.3) is 0 Å². The molecule has 4 N–H and O–H groups in total. The second-order valence-electron chi connectivity index (χ2n) is 3.81. The normalized spacial score (nSPS) is 11.9. The van der Waals surface area contributed by atoms with Crippen molar-refractivity contribution in [2.75, 3.05) is 12.0 Å². The topological polar surface area (TPSA) is 71.7 Å². The van der Waals surface area contributed by atoms with Crippen molar-refractivity contribution in [2.24, 2.45) is 10.7 Å². The first kappa shape index (κ1) is 14.6. The number of anilines is 1. The van der Waals surface area contributed by atoms with Crippen LogP contribution >= 0.6 is 0 Å². The van der Waals surface area contributed by atoms with Crippen molar-refractivity contribution in [3.05, 3.63) is 54.2 Å². The Hall–Kier alpha value is -2.43. The highest BCUT2D eigenvalue weighted by atomic mass is 16.5. The van der Waals surface area contributed by atoms with Gasteiger partial charge in [0.2, 0.25) is 5.88 Å². The van der Waals surface area contributed by atoms with Crippen LogP contribution in [0, 0.1) is 0 Å². The predicted octanol–water partition coefficient (Wildman–Crippen LogP) is 2.37. The molecule has 0 bridgehead atoms. The molecular weight excluding hydrogens is 240 g/mol. The summed E-state index contributed by atoms with van der Waals surface area (Å²) in [5, 5.41) is 0. The Labute approximate surface area is 113 Å². The van der Waals surface area contributed by atoms with Gasteiger partial charge in [0.05, 0.1) is 12.3 Å². The van der Waals surface area contributed by atoms with Crippen LogP contribution in [0.2, 0.25) is 0 Å². The first-order chi connectivity index (χ1) is 9.13. The average molecular weight is 260 g/mol. The van der Waals surface area contributed by atoms with E-state index in [-0.39, 0.29) is 5.82 Å². The smallest absolute Gasteiger partial charge is 0.210 e. The predicted molar refractivity (Wildman–Crippen MR) is 79.3 cm³/mol. The van der Waals surface area contributed by atoms with Crippen molar-refractivity contribution in [3.63, 3.8) is 0 Å². The number of ether oxygens (including phenoxy) is 1. The number of hydrazine groups is 1. The second kappa shape index (κ2) is 7.81. The van der Waals surface area contributed by atoms with Crippen LogP contribution in [0.4, 0.5) is 5.69 Å². The third kappa shape index (κ3) is 5.63.